The molecule has 1 aromatic carbocycles. The van der Waals surface area contributed by atoms with Crippen LogP contribution in [0, 0.1) is 0 Å². The maximum Gasteiger partial charge on any atom is 0.240 e. The van der Waals surface area contributed by atoms with Crippen LogP contribution in [0.25, 0.3) is 0 Å². The van der Waals surface area contributed by atoms with Crippen molar-refractivity contribution in [1.29, 1.82) is 0 Å². The topological polar surface area (TPSA) is 119 Å². The molecule has 0 amide bonds. The zero-order valence-electron chi connectivity index (χ0n) is 17.5. The van der Waals surface area contributed by atoms with E-state index in [0.717, 1.165) is 19.6 Å². The van der Waals surface area contributed by atoms with Crippen molar-refractivity contribution in [2.24, 2.45) is 0 Å². The molecule has 1 aliphatic heterocycles. The van der Waals surface area contributed by atoms with Gasteiger partial charge in [-0.15, -0.1) is 0 Å². The number of hydrogen-bond acceptors (Lipinski definition) is 8. The van der Waals surface area contributed by atoms with Gasteiger partial charge < -0.3 is 20.6 Å². The van der Waals surface area contributed by atoms with Gasteiger partial charge in [0.15, 0.2) is 0 Å². The summed E-state index contributed by atoms with van der Waals surface area (Å²) in [5.74, 6) is 0.905. The molecule has 0 bridgehead atoms. The van der Waals surface area contributed by atoms with Crippen molar-refractivity contribution >= 4 is 43.4 Å². The van der Waals surface area contributed by atoms with E-state index in [1.807, 2.05) is 6.92 Å². The van der Waals surface area contributed by atoms with E-state index in [4.69, 9.17) is 0 Å². The molecule has 0 aliphatic carbocycles. The summed E-state index contributed by atoms with van der Waals surface area (Å²) >= 11 is 3.38. The Morgan fingerprint density at radius 2 is 1.90 bits per heavy atom. The lowest BCUT2D eigenvalue weighted by Gasteiger charge is -2.26. The second-order valence-electron chi connectivity index (χ2n) is 7.57. The SMILES string of the molecule is C[C@H](CO)Nc1nc(Nc2ccc(S(=O)(=O)NCCN3CCCCC3)cc2)ncc1Br. The minimum Gasteiger partial charge on any atom is -0.394 e. The lowest BCUT2D eigenvalue weighted by molar-refractivity contribution is 0.233. The number of hydrogen-bond donors (Lipinski definition) is 4. The highest BCUT2D eigenvalue weighted by atomic mass is 79.9. The average Bonchev–Trinajstić information content (AvgIpc) is 2.77. The number of anilines is 3. The van der Waals surface area contributed by atoms with Crippen molar-refractivity contribution in [3.8, 4) is 0 Å². The highest BCUT2D eigenvalue weighted by molar-refractivity contribution is 9.10. The largest absolute Gasteiger partial charge is 0.394 e. The molecule has 1 fully saturated rings. The Labute approximate surface area is 191 Å². The van der Waals surface area contributed by atoms with Crippen LogP contribution in [-0.4, -0.2) is 67.2 Å². The molecule has 2 aromatic rings. The Kier molecular flexibility index (Phi) is 8.61. The van der Waals surface area contributed by atoms with Crippen LogP contribution in [0.2, 0.25) is 0 Å². The average molecular weight is 513 g/mol. The van der Waals surface area contributed by atoms with Gasteiger partial charge in [0.1, 0.15) is 5.82 Å². The minimum atomic E-state index is -3.56. The summed E-state index contributed by atoms with van der Waals surface area (Å²) in [7, 11) is -3.56. The number of halogens is 1. The number of aliphatic hydroxyl groups is 1. The number of benzene rings is 1. The Morgan fingerprint density at radius 1 is 1.19 bits per heavy atom. The second-order valence-corrected chi connectivity index (χ2v) is 10.2. The van der Waals surface area contributed by atoms with Crippen molar-refractivity contribution in [2.75, 3.05) is 43.4 Å². The number of aliphatic hydroxyl groups excluding tert-OH is 1. The molecule has 11 heteroatoms. The van der Waals surface area contributed by atoms with Crippen molar-refractivity contribution < 1.29 is 13.5 Å². The molecule has 3 rings (SSSR count). The summed E-state index contributed by atoms with van der Waals surface area (Å²) in [6.07, 6.45) is 5.23. The molecule has 1 aromatic heterocycles. The van der Waals surface area contributed by atoms with Gasteiger partial charge in [0.25, 0.3) is 0 Å². The molecule has 4 N–H and O–H groups in total. The van der Waals surface area contributed by atoms with Gasteiger partial charge in [0.05, 0.1) is 16.0 Å². The first-order chi connectivity index (χ1) is 14.9. The van der Waals surface area contributed by atoms with E-state index in [1.165, 1.54) is 19.3 Å². The monoisotopic (exact) mass is 512 g/mol. The van der Waals surface area contributed by atoms with Gasteiger partial charge in [0.2, 0.25) is 16.0 Å². The fraction of sp³-hybridized carbons (Fsp3) is 0.500. The van der Waals surface area contributed by atoms with Gasteiger partial charge >= 0.3 is 0 Å². The van der Waals surface area contributed by atoms with E-state index in [1.54, 1.807) is 30.5 Å². The van der Waals surface area contributed by atoms with Gasteiger partial charge in [-0.05, 0) is 73.1 Å². The third-order valence-corrected chi connectivity index (χ3v) is 7.05. The second kappa shape index (κ2) is 11.2. The van der Waals surface area contributed by atoms with Crippen molar-refractivity contribution in [1.82, 2.24) is 19.6 Å². The molecule has 0 unspecified atom stereocenters. The molecular weight excluding hydrogens is 484 g/mol. The molecule has 1 aliphatic rings. The van der Waals surface area contributed by atoms with Crippen LogP contribution >= 0.6 is 15.9 Å². The number of aromatic nitrogens is 2. The van der Waals surface area contributed by atoms with Crippen LogP contribution in [0.1, 0.15) is 26.2 Å². The maximum absolute atomic E-state index is 12.5. The fourth-order valence-corrected chi connectivity index (χ4v) is 4.59. The molecule has 1 atom stereocenters. The summed E-state index contributed by atoms with van der Waals surface area (Å²) in [5, 5.41) is 15.3. The van der Waals surface area contributed by atoms with E-state index < -0.39 is 10.0 Å². The van der Waals surface area contributed by atoms with Gasteiger partial charge in [-0.2, -0.15) is 4.98 Å². The number of likely N-dealkylation sites (tertiary alicyclic amines) is 1. The van der Waals surface area contributed by atoms with Crippen LogP contribution in [0.5, 0.6) is 0 Å². The molecule has 9 nitrogen and oxygen atoms in total. The van der Waals surface area contributed by atoms with Crippen molar-refractivity contribution in [3.63, 3.8) is 0 Å². The van der Waals surface area contributed by atoms with Crippen LogP contribution in [-0.2, 0) is 10.0 Å². The third-order valence-electron chi connectivity index (χ3n) is 4.99. The Hall–Kier alpha value is -1.79. The zero-order valence-corrected chi connectivity index (χ0v) is 19.9. The van der Waals surface area contributed by atoms with E-state index in [0.29, 0.717) is 28.5 Å². The standard InChI is InChI=1S/C20H29BrN6O3S/c1-15(14-28)24-19-18(21)13-22-20(26-19)25-16-5-7-17(8-6-16)31(29,30)23-9-12-27-10-3-2-4-11-27/h5-8,13,15,23,28H,2-4,9-12,14H2,1H3,(H2,22,24,25,26)/t15-/m1/s1. The number of sulfonamides is 1. The summed E-state index contributed by atoms with van der Waals surface area (Å²) < 4.78 is 28.5. The van der Waals surface area contributed by atoms with Gasteiger partial charge in [0, 0.05) is 31.0 Å². The Morgan fingerprint density at radius 3 is 2.58 bits per heavy atom. The Balaban J connectivity index is 1.58. The summed E-state index contributed by atoms with van der Waals surface area (Å²) in [6, 6.07) is 6.29. The third kappa shape index (κ3) is 7.11. The molecule has 31 heavy (non-hydrogen) atoms. The Bertz CT molecular complexity index is 952. The van der Waals surface area contributed by atoms with E-state index >= 15 is 0 Å². The van der Waals surface area contributed by atoms with Gasteiger partial charge in [-0.25, -0.2) is 18.1 Å². The first-order valence-electron chi connectivity index (χ1n) is 10.4. The number of nitrogens with zero attached hydrogens (tertiary/aromatic N) is 3. The van der Waals surface area contributed by atoms with Crippen molar-refractivity contribution in [2.45, 2.75) is 37.1 Å². The molecule has 0 radical (unpaired) electrons. The lowest BCUT2D eigenvalue weighted by Crippen LogP contribution is -2.37. The summed E-state index contributed by atoms with van der Waals surface area (Å²) in [4.78, 5) is 11.1. The summed E-state index contributed by atoms with van der Waals surface area (Å²) in [6.45, 7) is 5.01. The van der Waals surface area contributed by atoms with Crippen LogP contribution in [0.15, 0.2) is 39.8 Å². The number of rotatable bonds is 10. The first-order valence-corrected chi connectivity index (χ1v) is 12.6. The normalized spacial score (nSPS) is 16.1. The van der Waals surface area contributed by atoms with Gasteiger partial charge in [-0.1, -0.05) is 6.42 Å². The van der Waals surface area contributed by atoms with Crippen LogP contribution < -0.4 is 15.4 Å². The van der Waals surface area contributed by atoms with Crippen LogP contribution in [0.3, 0.4) is 0 Å². The highest BCUT2D eigenvalue weighted by Gasteiger charge is 2.16. The molecule has 0 saturated carbocycles. The molecule has 2 heterocycles. The molecular formula is C20H29BrN6O3S. The first kappa shape index (κ1) is 23.9. The van der Waals surface area contributed by atoms with E-state index in [-0.39, 0.29) is 17.5 Å². The summed E-state index contributed by atoms with van der Waals surface area (Å²) in [5.41, 5.74) is 0.663. The smallest absolute Gasteiger partial charge is 0.240 e. The lowest BCUT2D eigenvalue weighted by atomic mass is 10.1. The minimum absolute atomic E-state index is 0.0266. The van der Waals surface area contributed by atoms with E-state index in [2.05, 4.69) is 46.2 Å². The highest BCUT2D eigenvalue weighted by Crippen LogP contribution is 2.23. The quantitative estimate of drug-likeness (QED) is 0.383. The molecule has 170 valence electrons. The fourth-order valence-electron chi connectivity index (χ4n) is 3.26. The predicted molar refractivity (Wildman–Crippen MR) is 125 cm³/mol. The predicted octanol–water partition coefficient (Wildman–Crippen LogP) is 2.54. The van der Waals surface area contributed by atoms with E-state index in [9.17, 15) is 13.5 Å². The number of piperidine rings is 1. The van der Waals surface area contributed by atoms with Crippen LogP contribution in [0.4, 0.5) is 17.5 Å². The number of nitrogens with one attached hydrogen (secondary N) is 3. The van der Waals surface area contributed by atoms with Gasteiger partial charge in [-0.3, -0.25) is 0 Å². The molecule has 1 saturated heterocycles. The molecule has 0 spiro atoms. The maximum atomic E-state index is 12.5. The van der Waals surface area contributed by atoms with Crippen molar-refractivity contribution in [3.05, 3.63) is 34.9 Å². The zero-order chi connectivity index (χ0) is 22.3.